The van der Waals surface area contributed by atoms with Crippen LogP contribution in [0, 0.1) is 6.92 Å². The zero-order valence-electron chi connectivity index (χ0n) is 12.4. The Bertz CT molecular complexity index is 656. The highest BCUT2D eigenvalue weighted by Gasteiger charge is 2.25. The number of aryl methyl sites for hydroxylation is 2. The summed E-state index contributed by atoms with van der Waals surface area (Å²) in [7, 11) is 0. The normalized spacial score (nSPS) is 17.5. The van der Waals surface area contributed by atoms with E-state index in [0.29, 0.717) is 18.3 Å². The van der Waals surface area contributed by atoms with Crippen LogP contribution in [-0.4, -0.2) is 22.8 Å². The monoisotopic (exact) mass is 351 g/mol. The van der Waals surface area contributed by atoms with Gasteiger partial charge < -0.3 is 14.2 Å². The fourth-order valence-electron chi connectivity index (χ4n) is 2.47. The summed E-state index contributed by atoms with van der Waals surface area (Å²) < 4.78 is 12.2. The summed E-state index contributed by atoms with van der Waals surface area (Å²) in [5.41, 5.74) is 2.23. The van der Waals surface area contributed by atoms with Gasteiger partial charge in [-0.1, -0.05) is 28.0 Å². The minimum absolute atomic E-state index is 0.135. The second-order valence-electron chi connectivity index (χ2n) is 5.34. The van der Waals surface area contributed by atoms with Crippen LogP contribution in [0.15, 0.2) is 21.1 Å². The summed E-state index contributed by atoms with van der Waals surface area (Å²) in [5.74, 6) is 2.30. The van der Waals surface area contributed by atoms with Gasteiger partial charge in [0.1, 0.15) is 11.9 Å². The van der Waals surface area contributed by atoms with Gasteiger partial charge in [0.2, 0.25) is 5.89 Å². The standard InChI is InChI=1S/C15H18BrN3O2/c1-4-15-17-14(18-21-15)8-19-7-10(3)20-13-5-9(2)11(16)6-12(13)19/h5-6,10H,4,7-8H2,1-3H3. The van der Waals surface area contributed by atoms with E-state index >= 15 is 0 Å². The van der Waals surface area contributed by atoms with Gasteiger partial charge in [-0.15, -0.1) is 0 Å². The van der Waals surface area contributed by atoms with Crippen LogP contribution in [0.1, 0.15) is 31.1 Å². The van der Waals surface area contributed by atoms with Gasteiger partial charge in [0.05, 0.1) is 18.8 Å². The molecule has 0 spiro atoms. The maximum absolute atomic E-state index is 5.94. The third-order valence-electron chi connectivity index (χ3n) is 3.53. The van der Waals surface area contributed by atoms with Crippen LogP contribution in [0.3, 0.4) is 0 Å². The van der Waals surface area contributed by atoms with Crippen molar-refractivity contribution in [3.8, 4) is 5.75 Å². The van der Waals surface area contributed by atoms with Crippen molar-refractivity contribution in [2.75, 3.05) is 11.4 Å². The number of aromatic nitrogens is 2. The first-order valence-corrected chi connectivity index (χ1v) is 7.89. The Kier molecular flexibility index (Phi) is 3.89. The fraction of sp³-hybridized carbons (Fsp3) is 0.467. The molecule has 0 radical (unpaired) electrons. The van der Waals surface area contributed by atoms with E-state index < -0.39 is 0 Å². The van der Waals surface area contributed by atoms with Gasteiger partial charge in [0, 0.05) is 10.9 Å². The topological polar surface area (TPSA) is 51.4 Å². The molecule has 0 saturated heterocycles. The van der Waals surface area contributed by atoms with Crippen LogP contribution in [-0.2, 0) is 13.0 Å². The van der Waals surface area contributed by atoms with Crippen LogP contribution in [0.2, 0.25) is 0 Å². The quantitative estimate of drug-likeness (QED) is 0.846. The predicted octanol–water partition coefficient (Wildman–Crippen LogP) is 3.49. The number of hydrogen-bond acceptors (Lipinski definition) is 5. The molecular weight excluding hydrogens is 334 g/mol. The second kappa shape index (κ2) is 5.67. The van der Waals surface area contributed by atoms with E-state index in [1.165, 1.54) is 0 Å². The number of halogens is 1. The van der Waals surface area contributed by atoms with Crippen LogP contribution in [0.4, 0.5) is 5.69 Å². The molecule has 0 N–H and O–H groups in total. The highest BCUT2D eigenvalue weighted by molar-refractivity contribution is 9.10. The average molecular weight is 352 g/mol. The molecule has 0 aliphatic carbocycles. The van der Waals surface area contributed by atoms with E-state index in [4.69, 9.17) is 9.26 Å². The van der Waals surface area contributed by atoms with E-state index in [1.807, 2.05) is 6.92 Å². The van der Waals surface area contributed by atoms with Gasteiger partial charge in [-0.25, -0.2) is 0 Å². The third-order valence-corrected chi connectivity index (χ3v) is 4.39. The molecule has 1 atom stereocenters. The van der Waals surface area contributed by atoms with E-state index in [2.05, 4.69) is 57.0 Å². The maximum Gasteiger partial charge on any atom is 0.226 e. The lowest BCUT2D eigenvalue weighted by Gasteiger charge is -2.34. The Morgan fingerprint density at radius 3 is 2.95 bits per heavy atom. The van der Waals surface area contributed by atoms with Crippen molar-refractivity contribution in [1.29, 1.82) is 0 Å². The molecule has 0 fully saturated rings. The molecule has 0 saturated carbocycles. The number of hydrogen-bond donors (Lipinski definition) is 0. The van der Waals surface area contributed by atoms with E-state index in [0.717, 1.165) is 34.4 Å². The molecule has 21 heavy (non-hydrogen) atoms. The molecule has 1 aromatic heterocycles. The lowest BCUT2D eigenvalue weighted by atomic mass is 10.1. The SMILES string of the molecule is CCc1nc(CN2CC(C)Oc3cc(C)c(Br)cc32)no1. The van der Waals surface area contributed by atoms with Crippen LogP contribution in [0.25, 0.3) is 0 Å². The number of fused-ring (bicyclic) bond motifs is 1. The average Bonchev–Trinajstić information content (AvgIpc) is 2.88. The Morgan fingerprint density at radius 1 is 1.43 bits per heavy atom. The van der Waals surface area contributed by atoms with E-state index in [9.17, 15) is 0 Å². The van der Waals surface area contributed by atoms with Gasteiger partial charge in [-0.05, 0) is 31.5 Å². The first-order valence-electron chi connectivity index (χ1n) is 7.10. The molecular formula is C15H18BrN3O2. The highest BCUT2D eigenvalue weighted by atomic mass is 79.9. The molecule has 1 aromatic carbocycles. The number of nitrogens with zero attached hydrogens (tertiary/aromatic N) is 3. The first kappa shape index (κ1) is 14.4. The van der Waals surface area contributed by atoms with Crippen molar-refractivity contribution in [1.82, 2.24) is 10.1 Å². The van der Waals surface area contributed by atoms with Crippen molar-refractivity contribution >= 4 is 21.6 Å². The molecule has 1 aliphatic heterocycles. The first-order chi connectivity index (χ1) is 10.1. The second-order valence-corrected chi connectivity index (χ2v) is 6.19. The number of rotatable bonds is 3. The van der Waals surface area contributed by atoms with Gasteiger partial charge in [0.15, 0.2) is 5.82 Å². The van der Waals surface area contributed by atoms with E-state index in [1.54, 1.807) is 0 Å². The molecule has 2 aromatic rings. The summed E-state index contributed by atoms with van der Waals surface area (Å²) >= 11 is 3.59. The van der Waals surface area contributed by atoms with Crippen LogP contribution >= 0.6 is 15.9 Å². The van der Waals surface area contributed by atoms with Crippen molar-refractivity contribution in [2.45, 2.75) is 39.8 Å². The largest absolute Gasteiger partial charge is 0.487 e. The maximum atomic E-state index is 5.94. The summed E-state index contributed by atoms with van der Waals surface area (Å²) in [5, 5.41) is 4.04. The van der Waals surface area contributed by atoms with Crippen molar-refractivity contribution < 1.29 is 9.26 Å². The Balaban J connectivity index is 1.91. The predicted molar refractivity (Wildman–Crippen MR) is 83.7 cm³/mol. The summed E-state index contributed by atoms with van der Waals surface area (Å²) in [6.45, 7) is 7.56. The van der Waals surface area contributed by atoms with Gasteiger partial charge in [-0.2, -0.15) is 4.98 Å². The third kappa shape index (κ3) is 2.90. The molecule has 6 heteroatoms. The zero-order chi connectivity index (χ0) is 15.0. The minimum Gasteiger partial charge on any atom is -0.487 e. The fourth-order valence-corrected chi connectivity index (χ4v) is 2.80. The van der Waals surface area contributed by atoms with Crippen molar-refractivity contribution in [3.05, 3.63) is 33.9 Å². The zero-order valence-corrected chi connectivity index (χ0v) is 14.0. The molecule has 3 rings (SSSR count). The summed E-state index contributed by atoms with van der Waals surface area (Å²) in [4.78, 5) is 6.62. The Hall–Kier alpha value is -1.56. The van der Waals surface area contributed by atoms with Gasteiger partial charge in [-0.3, -0.25) is 0 Å². The lowest BCUT2D eigenvalue weighted by molar-refractivity contribution is 0.211. The van der Waals surface area contributed by atoms with E-state index in [-0.39, 0.29) is 6.10 Å². The summed E-state index contributed by atoms with van der Waals surface area (Å²) in [6.07, 6.45) is 0.893. The molecule has 1 unspecified atom stereocenters. The summed E-state index contributed by atoms with van der Waals surface area (Å²) in [6, 6.07) is 4.16. The number of ether oxygens (including phenoxy) is 1. The minimum atomic E-state index is 0.135. The Morgan fingerprint density at radius 2 is 2.24 bits per heavy atom. The Labute approximate surface area is 132 Å². The molecule has 1 aliphatic rings. The highest BCUT2D eigenvalue weighted by Crippen LogP contribution is 2.38. The number of benzene rings is 1. The smallest absolute Gasteiger partial charge is 0.226 e. The molecule has 112 valence electrons. The van der Waals surface area contributed by atoms with Gasteiger partial charge >= 0.3 is 0 Å². The van der Waals surface area contributed by atoms with Crippen molar-refractivity contribution in [2.24, 2.45) is 0 Å². The molecule has 0 bridgehead atoms. The van der Waals surface area contributed by atoms with Crippen LogP contribution in [0.5, 0.6) is 5.75 Å². The van der Waals surface area contributed by atoms with Crippen LogP contribution < -0.4 is 9.64 Å². The molecule has 5 nitrogen and oxygen atoms in total. The lowest BCUT2D eigenvalue weighted by Crippen LogP contribution is -2.38. The van der Waals surface area contributed by atoms with Crippen molar-refractivity contribution in [3.63, 3.8) is 0 Å². The van der Waals surface area contributed by atoms with Gasteiger partial charge in [0.25, 0.3) is 0 Å². The molecule has 2 heterocycles. The number of anilines is 1. The molecule has 0 amide bonds.